The van der Waals surface area contributed by atoms with Crippen molar-refractivity contribution in [1.29, 1.82) is 0 Å². The molecule has 56 heavy (non-hydrogen) atoms. The molecule has 3 heterocycles. The lowest BCUT2D eigenvalue weighted by Crippen LogP contribution is -2.64. The maximum absolute atomic E-state index is 14.3. The predicted octanol–water partition coefficient (Wildman–Crippen LogP) is 4.47. The Hall–Kier alpha value is -2.52. The van der Waals surface area contributed by atoms with Gasteiger partial charge in [-0.05, 0) is 95.5 Å². The van der Waals surface area contributed by atoms with Crippen molar-refractivity contribution in [3.8, 4) is 0 Å². The number of carbonyl (C=O) groups excluding carboxylic acids is 4. The van der Waals surface area contributed by atoms with Gasteiger partial charge in [0.05, 0.1) is 30.5 Å². The zero-order chi connectivity index (χ0) is 41.5. The molecule has 4 rings (SSSR count). The molecule has 0 aromatic carbocycles. The van der Waals surface area contributed by atoms with Gasteiger partial charge in [0.15, 0.2) is 0 Å². The van der Waals surface area contributed by atoms with Crippen LogP contribution in [0.25, 0.3) is 0 Å². The van der Waals surface area contributed by atoms with Crippen LogP contribution in [0, 0.1) is 29.6 Å². The summed E-state index contributed by atoms with van der Waals surface area (Å²) in [6, 6.07) is -1.13. The van der Waals surface area contributed by atoms with E-state index in [4.69, 9.17) is 23.7 Å². The smallest absolute Gasteiger partial charge is 0.329 e. The van der Waals surface area contributed by atoms with Crippen LogP contribution in [0.15, 0.2) is 23.3 Å². The number of esters is 1. The topological polar surface area (TPSA) is 178 Å². The number of cyclic esters (lactones) is 1. The second-order valence-electron chi connectivity index (χ2n) is 17.2. The first-order chi connectivity index (χ1) is 26.5. The molecule has 1 amide bonds. The SMILES string of the molecule is CC[C@@H]1C=C(C)C[C@H](C)C[C@H](OC)[C@H]2O[C@](O)(C(=O)C(=O)N3CCCC[C@H]3C(=O)O[C@H](C(C)=C[C@@H]3CC[C@@H](O)[C@H](OC)C3)[C@H](C)[C@@H](O)CC1=O)[C@H](C)C[C@@H]2OC. The van der Waals surface area contributed by atoms with Gasteiger partial charge < -0.3 is 43.9 Å². The lowest BCUT2D eigenvalue weighted by molar-refractivity contribution is -0.302. The van der Waals surface area contributed by atoms with E-state index in [1.807, 2.05) is 32.9 Å². The first-order valence-corrected chi connectivity index (χ1v) is 20.8. The Morgan fingerprint density at radius 2 is 1.57 bits per heavy atom. The van der Waals surface area contributed by atoms with Crippen LogP contribution in [0.2, 0.25) is 0 Å². The number of Topliss-reactive ketones (excluding diaryl/α,β-unsaturated/α-hetero) is 2. The number of fused-ring (bicyclic) bond motifs is 3. The highest BCUT2D eigenvalue weighted by Gasteiger charge is 2.56. The number of allylic oxidation sites excluding steroid dienone is 3. The molecular weight excluding hydrogens is 722 g/mol. The van der Waals surface area contributed by atoms with Gasteiger partial charge in [0, 0.05) is 52.0 Å². The second-order valence-corrected chi connectivity index (χ2v) is 17.2. The normalized spacial score (nSPS) is 40.6. The maximum Gasteiger partial charge on any atom is 0.329 e. The number of amides is 1. The molecule has 1 saturated carbocycles. The quantitative estimate of drug-likeness (QED) is 0.196. The molecule has 3 fully saturated rings. The Balaban J connectivity index is 1.76. The summed E-state index contributed by atoms with van der Waals surface area (Å²) in [5.74, 6) is -7.50. The summed E-state index contributed by atoms with van der Waals surface area (Å²) in [5.41, 5.74) is 1.66. The van der Waals surface area contributed by atoms with Crippen molar-refractivity contribution in [1.82, 2.24) is 4.90 Å². The van der Waals surface area contributed by atoms with Gasteiger partial charge in [-0.15, -0.1) is 0 Å². The van der Waals surface area contributed by atoms with Gasteiger partial charge >= 0.3 is 5.97 Å². The van der Waals surface area contributed by atoms with Crippen LogP contribution in [-0.4, -0.2) is 126 Å². The van der Waals surface area contributed by atoms with Crippen LogP contribution < -0.4 is 0 Å². The monoisotopic (exact) mass is 791 g/mol. The Morgan fingerprint density at radius 1 is 0.911 bits per heavy atom. The van der Waals surface area contributed by atoms with Gasteiger partial charge in [0.2, 0.25) is 5.79 Å². The Morgan fingerprint density at radius 3 is 2.21 bits per heavy atom. The second kappa shape index (κ2) is 20.4. The van der Waals surface area contributed by atoms with Crippen molar-refractivity contribution >= 4 is 23.4 Å². The van der Waals surface area contributed by atoms with Crippen LogP contribution in [0.5, 0.6) is 0 Å². The molecule has 4 aliphatic rings. The average molecular weight is 792 g/mol. The number of hydrogen-bond donors (Lipinski definition) is 3. The molecule has 0 unspecified atom stereocenters. The lowest BCUT2D eigenvalue weighted by atomic mass is 9.81. The number of ether oxygens (including phenoxy) is 5. The van der Waals surface area contributed by atoms with Gasteiger partial charge in [0.1, 0.15) is 24.0 Å². The van der Waals surface area contributed by atoms with Crippen LogP contribution in [0.3, 0.4) is 0 Å². The van der Waals surface area contributed by atoms with Gasteiger partial charge in [-0.2, -0.15) is 0 Å². The molecule has 0 spiro atoms. The van der Waals surface area contributed by atoms with E-state index in [1.54, 1.807) is 21.0 Å². The molecule has 3 aliphatic heterocycles. The number of rotatable bonds is 6. The number of piperidine rings is 1. The molecule has 3 N–H and O–H groups in total. The van der Waals surface area contributed by atoms with Crippen LogP contribution in [0.1, 0.15) is 112 Å². The molecule has 13 heteroatoms. The van der Waals surface area contributed by atoms with Crippen molar-refractivity contribution in [3.63, 3.8) is 0 Å². The van der Waals surface area contributed by atoms with E-state index in [1.165, 1.54) is 19.1 Å². The van der Waals surface area contributed by atoms with Crippen LogP contribution >= 0.6 is 0 Å². The fourth-order valence-corrected chi connectivity index (χ4v) is 9.39. The molecule has 14 atom stereocenters. The van der Waals surface area contributed by atoms with E-state index < -0.39 is 83.9 Å². The Labute approximate surface area is 333 Å². The van der Waals surface area contributed by atoms with E-state index in [0.717, 1.165) is 5.57 Å². The fraction of sp³-hybridized carbons (Fsp3) is 0.814. The molecule has 0 aromatic rings. The summed E-state index contributed by atoms with van der Waals surface area (Å²) in [6.07, 6.45) is 3.72. The average Bonchev–Trinajstić information content (AvgIpc) is 3.18. The zero-order valence-electron chi connectivity index (χ0n) is 35.1. The number of hydrogen-bond acceptors (Lipinski definition) is 12. The maximum atomic E-state index is 14.3. The van der Waals surface area contributed by atoms with Gasteiger partial charge in [-0.25, -0.2) is 4.79 Å². The fourth-order valence-electron chi connectivity index (χ4n) is 9.39. The van der Waals surface area contributed by atoms with Gasteiger partial charge in [-0.1, -0.05) is 45.4 Å². The summed E-state index contributed by atoms with van der Waals surface area (Å²) in [4.78, 5) is 57.6. The highest BCUT2D eigenvalue weighted by molar-refractivity contribution is 6.39. The van der Waals surface area contributed by atoms with E-state index in [9.17, 15) is 34.5 Å². The highest BCUT2D eigenvalue weighted by Crippen LogP contribution is 2.39. The molecular formula is C43H69NO12. The third kappa shape index (κ3) is 10.7. The highest BCUT2D eigenvalue weighted by atomic mass is 16.7. The minimum atomic E-state index is -2.50. The van der Waals surface area contributed by atoms with Crippen molar-refractivity contribution in [2.45, 2.75) is 167 Å². The number of ketones is 2. The van der Waals surface area contributed by atoms with Crippen molar-refractivity contribution in [2.24, 2.45) is 29.6 Å². The summed E-state index contributed by atoms with van der Waals surface area (Å²) >= 11 is 0. The summed E-state index contributed by atoms with van der Waals surface area (Å²) < 4.78 is 29.7. The molecule has 0 radical (unpaired) electrons. The van der Waals surface area contributed by atoms with Gasteiger partial charge in [-0.3, -0.25) is 14.4 Å². The molecule has 2 bridgehead atoms. The number of nitrogens with zero attached hydrogens (tertiary/aromatic N) is 1. The Kier molecular flexibility index (Phi) is 16.9. The lowest BCUT2D eigenvalue weighted by Gasteiger charge is -2.47. The third-order valence-corrected chi connectivity index (χ3v) is 12.9. The first-order valence-electron chi connectivity index (χ1n) is 20.8. The molecule has 13 nitrogen and oxygen atoms in total. The molecule has 0 aromatic heterocycles. The van der Waals surface area contributed by atoms with E-state index in [0.29, 0.717) is 56.9 Å². The molecule has 1 aliphatic carbocycles. The van der Waals surface area contributed by atoms with Gasteiger partial charge in [0.25, 0.3) is 11.7 Å². The first kappa shape index (κ1) is 46.2. The van der Waals surface area contributed by atoms with Crippen molar-refractivity contribution in [3.05, 3.63) is 23.3 Å². The summed E-state index contributed by atoms with van der Waals surface area (Å²) in [5, 5.41) is 34.1. The minimum absolute atomic E-state index is 0.000914. The third-order valence-electron chi connectivity index (χ3n) is 12.9. The zero-order valence-corrected chi connectivity index (χ0v) is 35.1. The standard InChI is InChI=1S/C43H69NO12/c1-10-30-18-24(2)17-25(3)19-36(53-8)39-37(54-9)21-27(5)43(51,56-39)40(48)41(49)44-16-12-11-13-31(44)42(50)55-38(28(6)33(46)23-34(30)47)26(4)20-29-14-15-32(45)35(22-29)52-7/h18,20,25,27-33,35-39,45-46,51H,10-17,19,21-23H2,1-9H3/t25-,27+,28+,29-,30+,31-,32+,33-,35+,36-,37-,38+,39+,43-/m0/s1. The van der Waals surface area contributed by atoms with E-state index >= 15 is 0 Å². The summed E-state index contributed by atoms with van der Waals surface area (Å²) in [7, 11) is 4.63. The van der Waals surface area contributed by atoms with Crippen molar-refractivity contribution < 1.29 is 58.2 Å². The van der Waals surface area contributed by atoms with Crippen LogP contribution in [0.4, 0.5) is 0 Å². The van der Waals surface area contributed by atoms with Crippen LogP contribution in [-0.2, 0) is 42.9 Å². The number of aliphatic hydroxyl groups excluding tert-OH is 2. The van der Waals surface area contributed by atoms with E-state index in [-0.39, 0.29) is 49.5 Å². The number of methoxy groups -OCH3 is 3. The summed E-state index contributed by atoms with van der Waals surface area (Å²) in [6.45, 7) is 11.3. The van der Waals surface area contributed by atoms with E-state index in [2.05, 4.69) is 6.92 Å². The Bertz CT molecular complexity index is 1430. The molecule has 318 valence electrons. The predicted molar refractivity (Wildman–Crippen MR) is 208 cm³/mol. The number of carbonyl (C=O) groups is 4. The minimum Gasteiger partial charge on any atom is -0.456 e. The largest absolute Gasteiger partial charge is 0.456 e. The molecule has 2 saturated heterocycles. The number of aliphatic hydroxyl groups is 3. The van der Waals surface area contributed by atoms with Crippen molar-refractivity contribution in [2.75, 3.05) is 27.9 Å².